The second-order valence-electron chi connectivity index (χ2n) is 15.2. The normalized spacial score (nSPS) is 11.9. The van der Waals surface area contributed by atoms with Crippen LogP contribution in [-0.4, -0.2) is 20.2 Å². The first-order valence-corrected chi connectivity index (χ1v) is 20.0. The van der Waals surface area contributed by atoms with E-state index in [1.165, 1.54) is 0 Å². The van der Waals surface area contributed by atoms with Crippen molar-refractivity contribution in [2.75, 3.05) is 9.80 Å². The van der Waals surface area contributed by atoms with Gasteiger partial charge < -0.3 is 13.3 Å². The molecular weight excluding hydrogens is 757 g/mol. The number of hydrogen-bond acceptors (Lipinski definition) is 9. The number of rotatable bonds is 6. The zero-order chi connectivity index (χ0) is 40.0. The highest BCUT2D eigenvalue weighted by Crippen LogP contribution is 2.42. The molecule has 0 unspecified atom stereocenters. The molecule has 0 saturated carbocycles. The van der Waals surface area contributed by atoms with E-state index in [0.29, 0.717) is 34.0 Å². The van der Waals surface area contributed by atoms with E-state index in [4.69, 9.17) is 33.4 Å². The lowest BCUT2D eigenvalue weighted by atomic mass is 10.1. The van der Waals surface area contributed by atoms with Gasteiger partial charge in [-0.25, -0.2) is 4.98 Å². The summed E-state index contributed by atoms with van der Waals surface area (Å²) in [6.07, 6.45) is 1.79. The Balaban J connectivity index is 0.961. The molecule has 5 aromatic heterocycles. The molecule has 9 nitrogen and oxygen atoms in total. The monoisotopic (exact) mass is 786 g/mol. The molecule has 9 heteroatoms. The number of aromatic nitrogens is 4. The molecule has 0 atom stereocenters. The second-order valence-corrected chi connectivity index (χ2v) is 15.2. The summed E-state index contributed by atoms with van der Waals surface area (Å²) in [6.45, 7) is 0. The average molecular weight is 787 g/mol. The van der Waals surface area contributed by atoms with Crippen LogP contribution in [0.15, 0.2) is 195 Å². The van der Waals surface area contributed by atoms with Crippen LogP contribution in [0.5, 0.6) is 0 Å². The van der Waals surface area contributed by atoms with Crippen molar-refractivity contribution in [1.29, 1.82) is 0 Å². The van der Waals surface area contributed by atoms with Gasteiger partial charge in [0.05, 0.1) is 16.8 Å². The van der Waals surface area contributed by atoms with Crippen LogP contribution in [0.3, 0.4) is 0 Å². The number of hydrogen-bond donors (Lipinski definition) is 0. The third-order valence-corrected chi connectivity index (χ3v) is 11.6. The van der Waals surface area contributed by atoms with Gasteiger partial charge in [-0.05, 0) is 82.2 Å². The number of benzene rings is 8. The SMILES string of the molecule is c1ccc2cc(N(c3ccc4c(c3)oc3ccccc34)c3cc4oc5nc(N(c6ccc7ccccc7c6)c6ccc7c(c6)oc6ccccc67)nnc5c4cn3)ccc2c1. The lowest BCUT2D eigenvalue weighted by Crippen LogP contribution is -2.14. The van der Waals surface area contributed by atoms with Gasteiger partial charge in [0, 0.05) is 57.3 Å². The molecule has 0 bridgehead atoms. The Morgan fingerprint density at radius 2 is 0.852 bits per heavy atom. The topological polar surface area (TPSA) is 97.5 Å². The number of pyridine rings is 1. The van der Waals surface area contributed by atoms with E-state index in [9.17, 15) is 0 Å². The molecule has 0 spiro atoms. The summed E-state index contributed by atoms with van der Waals surface area (Å²) in [5.41, 5.74) is 8.16. The van der Waals surface area contributed by atoms with Crippen molar-refractivity contribution in [3.63, 3.8) is 0 Å². The highest BCUT2D eigenvalue weighted by Gasteiger charge is 2.23. The Bertz CT molecular complexity index is 3640. The molecule has 5 heterocycles. The minimum atomic E-state index is 0.343. The molecule has 0 amide bonds. The Kier molecular flexibility index (Phi) is 7.11. The van der Waals surface area contributed by atoms with Crippen LogP contribution in [0.2, 0.25) is 0 Å². The molecule has 0 saturated heterocycles. The van der Waals surface area contributed by atoms with Crippen LogP contribution in [0, 0.1) is 0 Å². The van der Waals surface area contributed by atoms with Crippen LogP contribution in [0.25, 0.3) is 87.6 Å². The van der Waals surface area contributed by atoms with Crippen LogP contribution in [0.4, 0.5) is 34.5 Å². The van der Waals surface area contributed by atoms with Gasteiger partial charge in [-0.3, -0.25) is 9.80 Å². The third kappa shape index (κ3) is 5.34. The smallest absolute Gasteiger partial charge is 0.257 e. The molecule has 0 aliphatic heterocycles. The first-order valence-electron chi connectivity index (χ1n) is 20.0. The molecule has 0 fully saturated rings. The summed E-state index contributed by atoms with van der Waals surface area (Å²) >= 11 is 0. The van der Waals surface area contributed by atoms with Gasteiger partial charge in [-0.1, -0.05) is 97.1 Å². The first-order chi connectivity index (χ1) is 30.2. The summed E-state index contributed by atoms with van der Waals surface area (Å²) in [6, 6.07) is 59.9. The van der Waals surface area contributed by atoms with Crippen molar-refractivity contribution in [2.24, 2.45) is 0 Å². The van der Waals surface area contributed by atoms with Crippen molar-refractivity contribution in [3.05, 3.63) is 182 Å². The molecule has 0 aliphatic rings. The summed E-state index contributed by atoms with van der Waals surface area (Å²) in [4.78, 5) is 14.2. The Hall–Kier alpha value is -8.56. The summed E-state index contributed by atoms with van der Waals surface area (Å²) in [7, 11) is 0. The largest absolute Gasteiger partial charge is 0.456 e. The Morgan fingerprint density at radius 1 is 0.361 bits per heavy atom. The van der Waals surface area contributed by atoms with Gasteiger partial charge in [0.15, 0.2) is 5.52 Å². The fourth-order valence-electron chi connectivity index (χ4n) is 8.69. The van der Waals surface area contributed by atoms with Gasteiger partial charge in [-0.15, -0.1) is 10.2 Å². The molecular formula is C52H30N6O3. The molecule has 61 heavy (non-hydrogen) atoms. The first kappa shape index (κ1) is 33.4. The van der Waals surface area contributed by atoms with Gasteiger partial charge in [-0.2, -0.15) is 4.98 Å². The number of fused-ring (bicyclic) bond motifs is 11. The summed E-state index contributed by atoms with van der Waals surface area (Å²) < 4.78 is 19.3. The third-order valence-electron chi connectivity index (χ3n) is 11.6. The van der Waals surface area contributed by atoms with E-state index in [2.05, 4.69) is 120 Å². The highest BCUT2D eigenvalue weighted by atomic mass is 16.3. The van der Waals surface area contributed by atoms with Crippen LogP contribution in [0.1, 0.15) is 0 Å². The summed E-state index contributed by atoms with van der Waals surface area (Å²) in [5.74, 6) is 1.00. The highest BCUT2D eigenvalue weighted by molar-refractivity contribution is 6.08. The van der Waals surface area contributed by atoms with E-state index in [1.807, 2.05) is 65.6 Å². The number of para-hydroxylation sites is 2. The molecule has 0 aliphatic carbocycles. The lowest BCUT2D eigenvalue weighted by Gasteiger charge is -2.24. The van der Waals surface area contributed by atoms with Crippen molar-refractivity contribution in [3.8, 4) is 0 Å². The van der Waals surface area contributed by atoms with E-state index in [0.717, 1.165) is 88.2 Å². The van der Waals surface area contributed by atoms with Crippen LogP contribution >= 0.6 is 0 Å². The summed E-state index contributed by atoms with van der Waals surface area (Å²) in [5, 5.41) is 18.9. The quantitative estimate of drug-likeness (QED) is 0.163. The van der Waals surface area contributed by atoms with Crippen molar-refractivity contribution in [1.82, 2.24) is 20.2 Å². The fourth-order valence-corrected chi connectivity index (χ4v) is 8.69. The number of nitrogens with zero attached hydrogens (tertiary/aromatic N) is 6. The predicted octanol–water partition coefficient (Wildman–Crippen LogP) is 14.2. The van der Waals surface area contributed by atoms with Gasteiger partial charge in [0.2, 0.25) is 0 Å². The molecule has 13 aromatic rings. The van der Waals surface area contributed by atoms with Gasteiger partial charge >= 0.3 is 0 Å². The maximum atomic E-state index is 6.59. The van der Waals surface area contributed by atoms with Crippen LogP contribution < -0.4 is 9.80 Å². The Labute approximate surface area is 346 Å². The molecule has 286 valence electrons. The van der Waals surface area contributed by atoms with Gasteiger partial charge in [0.25, 0.3) is 11.7 Å². The molecule has 8 aromatic carbocycles. The lowest BCUT2D eigenvalue weighted by molar-refractivity contribution is 0.650. The fraction of sp³-hybridized carbons (Fsp3) is 0. The zero-order valence-corrected chi connectivity index (χ0v) is 32.2. The van der Waals surface area contributed by atoms with E-state index in [1.54, 1.807) is 6.20 Å². The van der Waals surface area contributed by atoms with Crippen molar-refractivity contribution < 1.29 is 13.3 Å². The second kappa shape index (κ2) is 13.0. The molecule has 0 N–H and O–H groups in total. The minimum Gasteiger partial charge on any atom is -0.456 e. The Morgan fingerprint density at radius 3 is 1.49 bits per heavy atom. The maximum Gasteiger partial charge on any atom is 0.257 e. The van der Waals surface area contributed by atoms with E-state index >= 15 is 0 Å². The molecule has 0 radical (unpaired) electrons. The predicted molar refractivity (Wildman–Crippen MR) is 244 cm³/mol. The average Bonchev–Trinajstić information content (AvgIpc) is 3.99. The standard InChI is InChI=1S/C52H30N6O3/c1-3-11-33-25-35(19-17-31(33)9-1)57(37-21-23-41-39-13-5-7-15-44(39)59-46(41)27-37)49-29-48-43(30-53-49)50-51(61-48)54-52(56-55-50)58(36-20-18-32-10-2-4-12-34(32)26-36)38-22-24-42-40-14-6-8-16-45(40)60-47(42)28-38/h1-30H. The van der Waals surface area contributed by atoms with E-state index < -0.39 is 0 Å². The molecule has 13 rings (SSSR count). The maximum absolute atomic E-state index is 6.59. The van der Waals surface area contributed by atoms with Crippen LogP contribution in [-0.2, 0) is 0 Å². The zero-order valence-electron chi connectivity index (χ0n) is 32.2. The number of anilines is 6. The number of furan rings is 3. The van der Waals surface area contributed by atoms with Gasteiger partial charge in [0.1, 0.15) is 33.7 Å². The van der Waals surface area contributed by atoms with E-state index in [-0.39, 0.29) is 0 Å². The van der Waals surface area contributed by atoms with Crippen molar-refractivity contribution >= 4 is 122 Å². The minimum absolute atomic E-state index is 0.343. The van der Waals surface area contributed by atoms with Crippen molar-refractivity contribution in [2.45, 2.75) is 0 Å².